The normalized spacial score (nSPS) is 10.4. The van der Waals surface area contributed by atoms with E-state index in [0.717, 1.165) is 11.4 Å². The van der Waals surface area contributed by atoms with E-state index in [9.17, 15) is 0 Å². The third-order valence-electron chi connectivity index (χ3n) is 2.94. The molecule has 2 rings (SSSR count). The van der Waals surface area contributed by atoms with Gasteiger partial charge in [-0.2, -0.15) is 0 Å². The largest absolute Gasteiger partial charge is 0.399 e. The average molecular weight is 212 g/mol. The molecule has 1 aromatic heterocycles. The minimum absolute atomic E-state index is 0.797. The van der Waals surface area contributed by atoms with Gasteiger partial charge in [-0.3, -0.25) is 4.98 Å². The second-order valence-corrected chi connectivity index (χ2v) is 4.15. The minimum atomic E-state index is 0.797. The zero-order chi connectivity index (χ0) is 11.7. The third kappa shape index (κ3) is 1.78. The first-order chi connectivity index (χ1) is 7.59. The molecule has 0 fully saturated rings. The molecule has 1 aromatic carbocycles. The van der Waals surface area contributed by atoms with E-state index < -0.39 is 0 Å². The van der Waals surface area contributed by atoms with E-state index in [1.807, 2.05) is 31.3 Å². The van der Waals surface area contributed by atoms with Gasteiger partial charge < -0.3 is 5.73 Å². The predicted molar refractivity (Wildman–Crippen MR) is 68.3 cm³/mol. The van der Waals surface area contributed by atoms with Crippen molar-refractivity contribution < 1.29 is 0 Å². The second-order valence-electron chi connectivity index (χ2n) is 4.15. The van der Waals surface area contributed by atoms with Crippen molar-refractivity contribution in [3.8, 4) is 11.1 Å². The van der Waals surface area contributed by atoms with Crippen LogP contribution < -0.4 is 5.73 Å². The molecule has 0 spiro atoms. The molecule has 0 radical (unpaired) electrons. The summed E-state index contributed by atoms with van der Waals surface area (Å²) < 4.78 is 0. The Morgan fingerprint density at radius 3 is 2.56 bits per heavy atom. The number of nitrogen functional groups attached to an aromatic ring is 1. The number of hydrogen-bond acceptors (Lipinski definition) is 2. The summed E-state index contributed by atoms with van der Waals surface area (Å²) in [5.41, 5.74) is 12.5. The molecule has 2 nitrogen and oxygen atoms in total. The van der Waals surface area contributed by atoms with E-state index in [2.05, 4.69) is 24.9 Å². The molecule has 0 saturated carbocycles. The van der Waals surface area contributed by atoms with E-state index >= 15 is 0 Å². The Balaban J connectivity index is 2.68. The topological polar surface area (TPSA) is 38.9 Å². The van der Waals surface area contributed by atoms with E-state index in [0.29, 0.717) is 0 Å². The van der Waals surface area contributed by atoms with Gasteiger partial charge in [0.2, 0.25) is 0 Å². The maximum atomic E-state index is 5.82. The van der Waals surface area contributed by atoms with Crippen LogP contribution in [0.3, 0.4) is 0 Å². The fourth-order valence-corrected chi connectivity index (χ4v) is 1.97. The molecule has 0 amide bonds. The molecule has 2 N–H and O–H groups in total. The SMILES string of the molecule is Cc1cnc(C)c(C)c1-c1cccc(N)c1. The first-order valence-electron chi connectivity index (χ1n) is 5.38. The van der Waals surface area contributed by atoms with Gasteiger partial charge in [0.25, 0.3) is 0 Å². The maximum Gasteiger partial charge on any atom is 0.0408 e. The molecular formula is C14H16N2. The fraction of sp³-hybridized carbons (Fsp3) is 0.214. The van der Waals surface area contributed by atoms with Crippen LogP contribution in [-0.4, -0.2) is 4.98 Å². The Bertz CT molecular complexity index is 530. The average Bonchev–Trinajstić information content (AvgIpc) is 2.24. The molecule has 0 aliphatic heterocycles. The number of rotatable bonds is 1. The lowest BCUT2D eigenvalue weighted by atomic mass is 9.96. The highest BCUT2D eigenvalue weighted by atomic mass is 14.7. The molecule has 16 heavy (non-hydrogen) atoms. The van der Waals surface area contributed by atoms with Crippen molar-refractivity contribution in [1.82, 2.24) is 4.98 Å². The highest BCUT2D eigenvalue weighted by Gasteiger charge is 2.08. The Kier molecular flexibility index (Phi) is 2.65. The Hall–Kier alpha value is -1.83. The van der Waals surface area contributed by atoms with Crippen LogP contribution in [0.1, 0.15) is 16.8 Å². The van der Waals surface area contributed by atoms with Gasteiger partial charge in [0.1, 0.15) is 0 Å². The van der Waals surface area contributed by atoms with Gasteiger partial charge >= 0.3 is 0 Å². The number of aryl methyl sites for hydroxylation is 2. The van der Waals surface area contributed by atoms with Crippen molar-refractivity contribution in [2.45, 2.75) is 20.8 Å². The molecule has 0 atom stereocenters. The van der Waals surface area contributed by atoms with Gasteiger partial charge in [0.15, 0.2) is 0 Å². The first kappa shape index (κ1) is 10.7. The lowest BCUT2D eigenvalue weighted by molar-refractivity contribution is 1.13. The lowest BCUT2D eigenvalue weighted by Gasteiger charge is -2.12. The summed E-state index contributed by atoms with van der Waals surface area (Å²) in [5.74, 6) is 0. The second kappa shape index (κ2) is 3.97. The number of hydrogen-bond donors (Lipinski definition) is 1. The Labute approximate surface area is 96.1 Å². The van der Waals surface area contributed by atoms with Crippen LogP contribution in [0, 0.1) is 20.8 Å². The highest BCUT2D eigenvalue weighted by molar-refractivity contribution is 5.73. The van der Waals surface area contributed by atoms with Crippen LogP contribution in [0.5, 0.6) is 0 Å². The van der Waals surface area contributed by atoms with E-state index in [4.69, 9.17) is 5.73 Å². The molecule has 0 bridgehead atoms. The summed E-state index contributed by atoms with van der Waals surface area (Å²) in [6, 6.07) is 7.99. The zero-order valence-electron chi connectivity index (χ0n) is 9.91. The van der Waals surface area contributed by atoms with E-state index in [1.165, 1.54) is 22.3 Å². The summed E-state index contributed by atoms with van der Waals surface area (Å²) in [4.78, 5) is 4.36. The van der Waals surface area contributed by atoms with Crippen LogP contribution in [0.4, 0.5) is 5.69 Å². The van der Waals surface area contributed by atoms with Crippen LogP contribution in [0.25, 0.3) is 11.1 Å². The molecule has 0 saturated heterocycles. The molecular weight excluding hydrogens is 196 g/mol. The summed E-state index contributed by atoms with van der Waals surface area (Å²) in [6.07, 6.45) is 1.92. The van der Waals surface area contributed by atoms with Gasteiger partial charge in [-0.25, -0.2) is 0 Å². The molecule has 2 heteroatoms. The first-order valence-corrected chi connectivity index (χ1v) is 5.38. The monoisotopic (exact) mass is 212 g/mol. The number of nitrogens with two attached hydrogens (primary N) is 1. The minimum Gasteiger partial charge on any atom is -0.399 e. The number of anilines is 1. The van der Waals surface area contributed by atoms with Crippen molar-refractivity contribution >= 4 is 5.69 Å². The van der Waals surface area contributed by atoms with Crippen molar-refractivity contribution in [3.63, 3.8) is 0 Å². The van der Waals surface area contributed by atoms with Gasteiger partial charge in [-0.05, 0) is 55.2 Å². The number of nitrogens with zero attached hydrogens (tertiary/aromatic N) is 1. The Morgan fingerprint density at radius 2 is 1.88 bits per heavy atom. The summed E-state index contributed by atoms with van der Waals surface area (Å²) in [5, 5.41) is 0. The summed E-state index contributed by atoms with van der Waals surface area (Å²) >= 11 is 0. The smallest absolute Gasteiger partial charge is 0.0408 e. The van der Waals surface area contributed by atoms with Crippen molar-refractivity contribution in [1.29, 1.82) is 0 Å². The van der Waals surface area contributed by atoms with Crippen LogP contribution in [0.2, 0.25) is 0 Å². The van der Waals surface area contributed by atoms with Crippen LogP contribution in [0.15, 0.2) is 30.5 Å². The molecule has 82 valence electrons. The number of pyridine rings is 1. The third-order valence-corrected chi connectivity index (χ3v) is 2.94. The summed E-state index contributed by atoms with van der Waals surface area (Å²) in [7, 11) is 0. The molecule has 2 aromatic rings. The zero-order valence-corrected chi connectivity index (χ0v) is 9.91. The predicted octanol–water partition coefficient (Wildman–Crippen LogP) is 3.26. The van der Waals surface area contributed by atoms with Gasteiger partial charge in [0, 0.05) is 17.6 Å². The Morgan fingerprint density at radius 1 is 1.12 bits per heavy atom. The van der Waals surface area contributed by atoms with Gasteiger partial charge in [-0.1, -0.05) is 12.1 Å². The fourth-order valence-electron chi connectivity index (χ4n) is 1.97. The number of benzene rings is 1. The molecule has 0 aliphatic rings. The number of aromatic nitrogens is 1. The lowest BCUT2D eigenvalue weighted by Crippen LogP contribution is -1.95. The molecule has 0 aliphatic carbocycles. The van der Waals surface area contributed by atoms with Crippen molar-refractivity contribution in [2.24, 2.45) is 0 Å². The quantitative estimate of drug-likeness (QED) is 0.737. The van der Waals surface area contributed by atoms with Crippen LogP contribution >= 0.6 is 0 Å². The van der Waals surface area contributed by atoms with Gasteiger partial charge in [-0.15, -0.1) is 0 Å². The van der Waals surface area contributed by atoms with Gasteiger partial charge in [0.05, 0.1) is 0 Å². The standard InChI is InChI=1S/C14H16N2/c1-9-8-16-11(3)10(2)14(9)12-5-4-6-13(15)7-12/h4-8H,15H2,1-3H3. The van der Waals surface area contributed by atoms with Crippen molar-refractivity contribution in [3.05, 3.63) is 47.3 Å². The summed E-state index contributed by atoms with van der Waals surface area (Å²) in [6.45, 7) is 6.22. The van der Waals surface area contributed by atoms with Crippen molar-refractivity contribution in [2.75, 3.05) is 5.73 Å². The highest BCUT2D eigenvalue weighted by Crippen LogP contribution is 2.28. The van der Waals surface area contributed by atoms with Crippen LogP contribution in [-0.2, 0) is 0 Å². The molecule has 0 unspecified atom stereocenters. The maximum absolute atomic E-state index is 5.82. The van der Waals surface area contributed by atoms with E-state index in [-0.39, 0.29) is 0 Å². The van der Waals surface area contributed by atoms with E-state index in [1.54, 1.807) is 0 Å². The molecule has 1 heterocycles.